The minimum atomic E-state index is -0.237. The third kappa shape index (κ3) is 3.67. The van der Waals surface area contributed by atoms with Gasteiger partial charge in [-0.05, 0) is 53.7 Å². The number of methoxy groups -OCH3 is 2. The molecule has 1 aromatic heterocycles. The normalized spacial score (nSPS) is 16.7. The van der Waals surface area contributed by atoms with Crippen LogP contribution in [0.15, 0.2) is 46.3 Å². The number of fused-ring (bicyclic) bond motifs is 1. The van der Waals surface area contributed by atoms with E-state index in [1.165, 1.54) is 36.3 Å². The number of aromatic nitrogens is 1. The average molecular weight is 413 g/mol. The predicted molar refractivity (Wildman–Crippen MR) is 112 cm³/mol. The number of hydrogen-bond acceptors (Lipinski definition) is 8. The van der Waals surface area contributed by atoms with Crippen LogP contribution < -0.4 is 14.8 Å². The van der Waals surface area contributed by atoms with Crippen molar-refractivity contribution in [1.82, 2.24) is 10.3 Å². The molecule has 2 aromatic carbocycles. The van der Waals surface area contributed by atoms with E-state index in [4.69, 9.17) is 9.47 Å². The maximum absolute atomic E-state index is 12.3. The first-order chi connectivity index (χ1) is 13.6. The topological polar surface area (TPSA) is 93.0 Å². The van der Waals surface area contributed by atoms with Crippen LogP contribution >= 0.6 is 23.1 Å². The monoisotopic (exact) mass is 413 g/mol. The lowest BCUT2D eigenvalue weighted by Gasteiger charge is -2.03. The smallest absolute Gasteiger partial charge is 0.264 e. The van der Waals surface area contributed by atoms with Gasteiger partial charge < -0.3 is 19.9 Å². The number of rotatable bonds is 4. The largest absolute Gasteiger partial charge is 0.504 e. The maximum Gasteiger partial charge on any atom is 0.264 e. The van der Waals surface area contributed by atoms with Gasteiger partial charge in [-0.1, -0.05) is 17.4 Å². The van der Waals surface area contributed by atoms with E-state index in [9.17, 15) is 9.90 Å². The van der Waals surface area contributed by atoms with Gasteiger partial charge in [0.1, 0.15) is 5.75 Å². The number of carbonyl (C=O) groups excluding carboxylic acids is 1. The second-order valence-electron chi connectivity index (χ2n) is 5.74. The van der Waals surface area contributed by atoms with Gasteiger partial charge in [-0.2, -0.15) is 4.99 Å². The number of thiazole rings is 1. The number of amidine groups is 1. The fraction of sp³-hybridized carbons (Fsp3) is 0.105. The quantitative estimate of drug-likeness (QED) is 0.630. The van der Waals surface area contributed by atoms with Gasteiger partial charge in [0.05, 0.1) is 29.3 Å². The minimum absolute atomic E-state index is 0.0443. The number of aliphatic imine (C=N–C) groups is 1. The number of nitrogens with one attached hydrogen (secondary N) is 1. The molecule has 0 bridgehead atoms. The van der Waals surface area contributed by atoms with Crippen molar-refractivity contribution >= 4 is 55.6 Å². The number of hydrogen-bond donors (Lipinski definition) is 2. The SMILES string of the molecule is COc1ccc2nc(N=C3NC(=O)/C(=C/c4ccc(O)c(OC)c4)S3)sc2c1. The molecule has 4 rings (SSSR count). The summed E-state index contributed by atoms with van der Waals surface area (Å²) in [5.74, 6) is 0.909. The number of carbonyl (C=O) groups is 1. The lowest BCUT2D eigenvalue weighted by molar-refractivity contribution is -0.115. The first-order valence-electron chi connectivity index (χ1n) is 8.17. The molecular formula is C19H15N3O4S2. The van der Waals surface area contributed by atoms with Crippen LogP contribution in [0, 0.1) is 0 Å². The number of aromatic hydroxyl groups is 1. The molecule has 0 atom stereocenters. The second-order valence-corrected chi connectivity index (χ2v) is 7.78. The maximum atomic E-state index is 12.3. The fourth-order valence-corrected chi connectivity index (χ4v) is 4.32. The third-order valence-electron chi connectivity index (χ3n) is 3.93. The highest BCUT2D eigenvalue weighted by Gasteiger charge is 2.24. The molecule has 1 saturated heterocycles. The molecule has 28 heavy (non-hydrogen) atoms. The van der Waals surface area contributed by atoms with Crippen LogP contribution in [0.5, 0.6) is 17.2 Å². The molecule has 1 amide bonds. The number of benzene rings is 2. The van der Waals surface area contributed by atoms with Crippen LogP contribution in [0.3, 0.4) is 0 Å². The van der Waals surface area contributed by atoms with Crippen LogP contribution in [-0.4, -0.2) is 35.4 Å². The number of phenolic OH excluding ortho intramolecular Hbond substituents is 1. The highest BCUT2D eigenvalue weighted by atomic mass is 32.2. The van der Waals surface area contributed by atoms with Gasteiger partial charge in [0.25, 0.3) is 5.91 Å². The Hall–Kier alpha value is -3.04. The lowest BCUT2D eigenvalue weighted by Crippen LogP contribution is -2.19. The van der Waals surface area contributed by atoms with E-state index in [2.05, 4.69) is 15.3 Å². The van der Waals surface area contributed by atoms with Crippen LogP contribution in [0.25, 0.3) is 16.3 Å². The Morgan fingerprint density at radius 1 is 1.18 bits per heavy atom. The van der Waals surface area contributed by atoms with Crippen molar-refractivity contribution in [3.63, 3.8) is 0 Å². The van der Waals surface area contributed by atoms with E-state index in [-0.39, 0.29) is 11.7 Å². The molecule has 1 aliphatic heterocycles. The zero-order valence-electron chi connectivity index (χ0n) is 14.9. The third-order valence-corrected chi connectivity index (χ3v) is 5.76. The summed E-state index contributed by atoms with van der Waals surface area (Å²) >= 11 is 2.65. The molecule has 0 saturated carbocycles. The van der Waals surface area contributed by atoms with Crippen LogP contribution in [0.4, 0.5) is 5.13 Å². The van der Waals surface area contributed by atoms with Gasteiger partial charge in [0.2, 0.25) is 5.13 Å². The second kappa shape index (κ2) is 7.53. The molecule has 2 heterocycles. The molecule has 0 spiro atoms. The van der Waals surface area contributed by atoms with Gasteiger partial charge in [-0.25, -0.2) is 4.98 Å². The number of phenols is 1. The van der Waals surface area contributed by atoms with Crippen molar-refractivity contribution in [2.45, 2.75) is 0 Å². The molecule has 0 unspecified atom stereocenters. The van der Waals surface area contributed by atoms with E-state index < -0.39 is 0 Å². The Morgan fingerprint density at radius 3 is 2.82 bits per heavy atom. The summed E-state index contributed by atoms with van der Waals surface area (Å²) in [5, 5.41) is 13.5. The van der Waals surface area contributed by atoms with Crippen LogP contribution in [0.1, 0.15) is 5.56 Å². The summed E-state index contributed by atoms with van der Waals surface area (Å²) in [5.41, 5.74) is 1.56. The molecular weight excluding hydrogens is 398 g/mol. The van der Waals surface area contributed by atoms with Gasteiger partial charge in [-0.15, -0.1) is 0 Å². The number of amides is 1. The van der Waals surface area contributed by atoms with E-state index >= 15 is 0 Å². The summed E-state index contributed by atoms with van der Waals surface area (Å²) in [6, 6.07) is 10.5. The first kappa shape index (κ1) is 18.3. The van der Waals surface area contributed by atoms with E-state index in [1.807, 2.05) is 18.2 Å². The molecule has 7 nitrogen and oxygen atoms in total. The van der Waals surface area contributed by atoms with Crippen LogP contribution in [-0.2, 0) is 4.79 Å². The molecule has 9 heteroatoms. The van der Waals surface area contributed by atoms with Crippen molar-refractivity contribution in [3.8, 4) is 17.2 Å². The Bertz CT molecular complexity index is 1140. The van der Waals surface area contributed by atoms with E-state index in [0.717, 1.165) is 21.5 Å². The predicted octanol–water partition coefficient (Wildman–Crippen LogP) is 3.91. The molecule has 1 fully saturated rings. The number of thioether (sulfide) groups is 1. The summed E-state index contributed by atoms with van der Waals surface area (Å²) in [7, 11) is 3.09. The minimum Gasteiger partial charge on any atom is -0.504 e. The van der Waals surface area contributed by atoms with Gasteiger partial charge >= 0.3 is 0 Å². The fourth-order valence-electron chi connectivity index (χ4n) is 2.57. The zero-order chi connectivity index (χ0) is 19.7. The molecule has 3 aromatic rings. The average Bonchev–Trinajstić information content (AvgIpc) is 3.24. The van der Waals surface area contributed by atoms with E-state index in [1.54, 1.807) is 25.3 Å². The number of ether oxygens (including phenoxy) is 2. The van der Waals surface area contributed by atoms with Crippen molar-refractivity contribution < 1.29 is 19.4 Å². The standard InChI is InChI=1S/C19H15N3O4S2/c1-25-11-4-5-12-15(9-11)27-18(20-12)22-19-21-17(24)16(28-19)8-10-3-6-13(23)14(7-10)26-2/h3-9,23H,1-2H3,(H,20,21,22,24)/b16-8-. The Balaban J connectivity index is 1.59. The van der Waals surface area contributed by atoms with Crippen LogP contribution in [0.2, 0.25) is 0 Å². The zero-order valence-corrected chi connectivity index (χ0v) is 16.6. The Kier molecular flexibility index (Phi) is 4.93. The van der Waals surface area contributed by atoms with Gasteiger partial charge in [0, 0.05) is 0 Å². The Labute approximate surface area is 168 Å². The molecule has 142 valence electrons. The summed E-state index contributed by atoms with van der Waals surface area (Å²) in [6.07, 6.45) is 1.72. The van der Waals surface area contributed by atoms with Crippen molar-refractivity contribution in [3.05, 3.63) is 46.9 Å². The highest BCUT2D eigenvalue weighted by molar-refractivity contribution is 8.18. The van der Waals surface area contributed by atoms with Crippen molar-refractivity contribution in [2.24, 2.45) is 4.99 Å². The Morgan fingerprint density at radius 2 is 2.04 bits per heavy atom. The summed E-state index contributed by atoms with van der Waals surface area (Å²) < 4.78 is 11.3. The molecule has 0 aliphatic carbocycles. The first-order valence-corrected chi connectivity index (χ1v) is 9.80. The van der Waals surface area contributed by atoms with Crippen molar-refractivity contribution in [1.29, 1.82) is 0 Å². The lowest BCUT2D eigenvalue weighted by atomic mass is 10.2. The molecule has 2 N–H and O–H groups in total. The summed E-state index contributed by atoms with van der Waals surface area (Å²) in [6.45, 7) is 0. The van der Waals surface area contributed by atoms with E-state index in [0.29, 0.717) is 21.0 Å². The summed E-state index contributed by atoms with van der Waals surface area (Å²) in [4.78, 5) is 21.7. The van der Waals surface area contributed by atoms with Gasteiger partial charge in [0.15, 0.2) is 16.7 Å². The molecule has 1 aliphatic rings. The molecule has 0 radical (unpaired) electrons. The van der Waals surface area contributed by atoms with Crippen molar-refractivity contribution in [2.75, 3.05) is 14.2 Å². The van der Waals surface area contributed by atoms with Gasteiger partial charge in [-0.3, -0.25) is 4.79 Å². The highest BCUT2D eigenvalue weighted by Crippen LogP contribution is 2.34. The number of nitrogens with zero attached hydrogens (tertiary/aromatic N) is 2.